The number of carbonyl (C=O) groups is 1. The molecule has 0 heterocycles. The molecule has 0 spiro atoms. The second-order valence-corrected chi connectivity index (χ2v) is 9.17. The Hall–Kier alpha value is -2.13. The molecule has 5 atom stereocenters. The SMILES string of the molecule is C[C@]12CC[C@@H]3c4ccc(OCc5ccccc5)cc4C(=O)C[C@H]3[C@@H]1CC[C@@H]2O. The first kappa shape index (κ1) is 17.9. The van der Waals surface area contributed by atoms with Crippen molar-refractivity contribution < 1.29 is 14.6 Å². The first-order valence-electron chi connectivity index (χ1n) is 10.6. The lowest BCUT2D eigenvalue weighted by Crippen LogP contribution is -2.44. The molecule has 2 aromatic rings. The van der Waals surface area contributed by atoms with Gasteiger partial charge in [0.25, 0.3) is 0 Å². The van der Waals surface area contributed by atoms with Crippen molar-refractivity contribution in [3.8, 4) is 5.75 Å². The summed E-state index contributed by atoms with van der Waals surface area (Å²) in [4.78, 5) is 13.0. The van der Waals surface area contributed by atoms with Gasteiger partial charge in [0, 0.05) is 12.0 Å². The molecule has 0 bridgehead atoms. The van der Waals surface area contributed by atoms with Crippen molar-refractivity contribution in [2.45, 2.75) is 57.7 Å². The Labute approximate surface area is 166 Å². The molecule has 0 unspecified atom stereocenters. The number of carbonyl (C=O) groups excluding carboxylic acids is 1. The van der Waals surface area contributed by atoms with Crippen LogP contribution in [0.25, 0.3) is 0 Å². The lowest BCUT2D eigenvalue weighted by Gasteiger charge is -2.49. The summed E-state index contributed by atoms with van der Waals surface area (Å²) in [6.45, 7) is 2.75. The third-order valence-corrected chi connectivity index (χ3v) is 7.78. The van der Waals surface area contributed by atoms with E-state index >= 15 is 0 Å². The molecular formula is C25H28O3. The van der Waals surface area contributed by atoms with Gasteiger partial charge in [-0.15, -0.1) is 0 Å². The predicted molar refractivity (Wildman–Crippen MR) is 108 cm³/mol. The molecule has 0 aromatic heterocycles. The van der Waals surface area contributed by atoms with E-state index in [0.717, 1.165) is 42.6 Å². The van der Waals surface area contributed by atoms with E-state index < -0.39 is 0 Å². The van der Waals surface area contributed by atoms with Crippen molar-refractivity contribution in [2.75, 3.05) is 0 Å². The fraction of sp³-hybridized carbons (Fsp3) is 0.480. The summed E-state index contributed by atoms with van der Waals surface area (Å²) in [5.74, 6) is 2.30. The number of rotatable bonds is 3. The fourth-order valence-electron chi connectivity index (χ4n) is 6.19. The van der Waals surface area contributed by atoms with Crippen LogP contribution in [0.1, 0.15) is 66.4 Å². The van der Waals surface area contributed by atoms with Gasteiger partial charge < -0.3 is 9.84 Å². The summed E-state index contributed by atoms with van der Waals surface area (Å²) in [5.41, 5.74) is 3.18. The van der Waals surface area contributed by atoms with Gasteiger partial charge in [-0.25, -0.2) is 0 Å². The minimum Gasteiger partial charge on any atom is -0.489 e. The maximum absolute atomic E-state index is 13.0. The smallest absolute Gasteiger partial charge is 0.163 e. The highest BCUT2D eigenvalue weighted by molar-refractivity contribution is 5.99. The highest BCUT2D eigenvalue weighted by Crippen LogP contribution is 2.60. The van der Waals surface area contributed by atoms with Crippen LogP contribution in [-0.2, 0) is 6.61 Å². The largest absolute Gasteiger partial charge is 0.489 e. The third kappa shape index (κ3) is 2.79. The number of Topliss-reactive ketones (excluding diaryl/α,β-unsaturated/α-hetero) is 1. The summed E-state index contributed by atoms with van der Waals surface area (Å²) in [5, 5.41) is 10.5. The highest BCUT2D eigenvalue weighted by Gasteiger charge is 2.55. The Morgan fingerprint density at radius 3 is 2.75 bits per heavy atom. The minimum absolute atomic E-state index is 0.00230. The van der Waals surface area contributed by atoms with Gasteiger partial charge in [0.15, 0.2) is 5.78 Å². The summed E-state index contributed by atoms with van der Waals surface area (Å²) in [6.07, 6.45) is 4.48. The van der Waals surface area contributed by atoms with Crippen LogP contribution in [0.15, 0.2) is 48.5 Å². The average molecular weight is 376 g/mol. The van der Waals surface area contributed by atoms with Crippen molar-refractivity contribution in [1.82, 2.24) is 0 Å². The monoisotopic (exact) mass is 376 g/mol. The Morgan fingerprint density at radius 1 is 1.11 bits per heavy atom. The van der Waals surface area contributed by atoms with Crippen molar-refractivity contribution in [1.29, 1.82) is 0 Å². The van der Waals surface area contributed by atoms with Gasteiger partial charge in [-0.2, -0.15) is 0 Å². The molecule has 3 nitrogen and oxygen atoms in total. The lowest BCUT2D eigenvalue weighted by atomic mass is 9.55. The zero-order valence-electron chi connectivity index (χ0n) is 16.4. The maximum Gasteiger partial charge on any atom is 0.163 e. The molecule has 3 heteroatoms. The molecule has 5 rings (SSSR count). The fourth-order valence-corrected chi connectivity index (χ4v) is 6.19. The number of benzene rings is 2. The normalized spacial score (nSPS) is 33.7. The van der Waals surface area contributed by atoms with E-state index in [0.29, 0.717) is 30.8 Å². The summed E-state index contributed by atoms with van der Waals surface area (Å²) >= 11 is 0. The van der Waals surface area contributed by atoms with Crippen molar-refractivity contribution >= 4 is 5.78 Å². The Kier molecular flexibility index (Phi) is 4.31. The first-order chi connectivity index (χ1) is 13.6. The lowest BCUT2D eigenvalue weighted by molar-refractivity contribution is -0.0208. The van der Waals surface area contributed by atoms with Crippen molar-refractivity contribution in [2.24, 2.45) is 17.3 Å². The van der Waals surface area contributed by atoms with Crippen molar-refractivity contribution in [3.63, 3.8) is 0 Å². The number of hydrogen-bond acceptors (Lipinski definition) is 3. The van der Waals surface area contributed by atoms with Crippen LogP contribution < -0.4 is 4.74 Å². The Bertz CT molecular complexity index is 890. The molecule has 2 aromatic carbocycles. The molecule has 1 N–H and O–H groups in total. The molecule has 28 heavy (non-hydrogen) atoms. The van der Waals surface area contributed by atoms with Gasteiger partial charge in [0.2, 0.25) is 0 Å². The minimum atomic E-state index is -0.205. The molecule has 2 fully saturated rings. The van der Waals surface area contributed by atoms with Crippen LogP contribution in [0.2, 0.25) is 0 Å². The second kappa shape index (κ2) is 6.73. The van der Waals surface area contributed by atoms with E-state index in [1.807, 2.05) is 42.5 Å². The number of hydrogen-bond donors (Lipinski definition) is 1. The summed E-state index contributed by atoms with van der Waals surface area (Å²) in [6, 6.07) is 16.2. The van der Waals surface area contributed by atoms with Gasteiger partial charge in [0.05, 0.1) is 6.10 Å². The second-order valence-electron chi connectivity index (χ2n) is 9.17. The molecule has 146 valence electrons. The quantitative estimate of drug-likeness (QED) is 0.808. The zero-order valence-corrected chi connectivity index (χ0v) is 16.4. The van der Waals surface area contributed by atoms with Gasteiger partial charge in [-0.1, -0.05) is 43.3 Å². The first-order valence-corrected chi connectivity index (χ1v) is 10.6. The van der Waals surface area contributed by atoms with Crippen LogP contribution in [0, 0.1) is 17.3 Å². The highest BCUT2D eigenvalue weighted by atomic mass is 16.5. The molecule has 0 amide bonds. The van der Waals surface area contributed by atoms with Gasteiger partial charge in [-0.05, 0) is 72.1 Å². The zero-order chi connectivity index (χ0) is 19.3. The van der Waals surface area contributed by atoms with Gasteiger partial charge in [-0.3, -0.25) is 4.79 Å². The number of ether oxygens (including phenoxy) is 1. The molecule has 0 aliphatic heterocycles. The Morgan fingerprint density at radius 2 is 1.93 bits per heavy atom. The number of ketones is 1. The molecule has 0 saturated heterocycles. The van der Waals surface area contributed by atoms with Crippen LogP contribution in [0.4, 0.5) is 0 Å². The third-order valence-electron chi connectivity index (χ3n) is 7.78. The standard InChI is InChI=1S/C25H28O3/c1-25-12-11-19-18-8-7-17(28-15-16-5-3-2-4-6-16)13-21(18)23(26)14-20(19)22(25)9-10-24(25)27/h2-8,13,19-20,22,24,27H,9-12,14-15H2,1H3/t19-,20-,22+,24+,25+/m1/s1. The van der Waals surface area contributed by atoms with E-state index in [1.54, 1.807) is 0 Å². The van der Waals surface area contributed by atoms with Crippen molar-refractivity contribution in [3.05, 3.63) is 65.2 Å². The van der Waals surface area contributed by atoms with Crippen LogP contribution >= 0.6 is 0 Å². The van der Waals surface area contributed by atoms with E-state index in [2.05, 4.69) is 13.0 Å². The topological polar surface area (TPSA) is 46.5 Å². The molecular weight excluding hydrogens is 348 g/mol. The van der Waals surface area contributed by atoms with Gasteiger partial charge in [0.1, 0.15) is 12.4 Å². The molecule has 0 radical (unpaired) electrons. The number of aliphatic hydroxyl groups is 1. The number of fused-ring (bicyclic) bond motifs is 5. The Balaban J connectivity index is 1.39. The summed E-state index contributed by atoms with van der Waals surface area (Å²) < 4.78 is 5.96. The van der Waals surface area contributed by atoms with E-state index in [4.69, 9.17) is 4.74 Å². The van der Waals surface area contributed by atoms with Gasteiger partial charge >= 0.3 is 0 Å². The predicted octanol–water partition coefficient (Wildman–Crippen LogP) is 5.12. The molecule has 3 aliphatic rings. The van der Waals surface area contributed by atoms with E-state index in [1.165, 1.54) is 5.56 Å². The van der Waals surface area contributed by atoms with E-state index in [-0.39, 0.29) is 17.3 Å². The van der Waals surface area contributed by atoms with Crippen LogP contribution in [0.3, 0.4) is 0 Å². The average Bonchev–Trinajstić information content (AvgIpc) is 3.02. The maximum atomic E-state index is 13.0. The molecule has 3 aliphatic carbocycles. The van der Waals surface area contributed by atoms with Crippen LogP contribution in [-0.4, -0.2) is 17.0 Å². The number of aliphatic hydroxyl groups excluding tert-OH is 1. The van der Waals surface area contributed by atoms with E-state index in [9.17, 15) is 9.90 Å². The van der Waals surface area contributed by atoms with Crippen LogP contribution in [0.5, 0.6) is 5.75 Å². The summed E-state index contributed by atoms with van der Waals surface area (Å²) in [7, 11) is 0. The molecule has 2 saturated carbocycles.